The molecule has 25 heavy (non-hydrogen) atoms. The first-order valence-corrected chi connectivity index (χ1v) is 8.37. The maximum absolute atomic E-state index is 12.3. The molecule has 2 rings (SSSR count). The van der Waals surface area contributed by atoms with Crippen LogP contribution in [0.4, 0.5) is 0 Å². The molecule has 0 aliphatic heterocycles. The minimum absolute atomic E-state index is 0.0858. The Morgan fingerprint density at radius 3 is 2.16 bits per heavy atom. The van der Waals surface area contributed by atoms with Gasteiger partial charge < -0.3 is 5.11 Å². The molecule has 0 bridgehead atoms. The van der Waals surface area contributed by atoms with Crippen molar-refractivity contribution in [2.24, 2.45) is 11.8 Å². The smallest absolute Gasteiger partial charge is 0.307 e. The van der Waals surface area contributed by atoms with Crippen LogP contribution in [-0.2, 0) is 20.8 Å². The number of rotatable bonds is 4. The van der Waals surface area contributed by atoms with Crippen LogP contribution in [-0.4, -0.2) is 22.9 Å². The summed E-state index contributed by atoms with van der Waals surface area (Å²) in [6, 6.07) is 6.81. The molecule has 0 unspecified atom stereocenters. The fraction of sp³-hybridized carbons (Fsp3) is 0.389. The van der Waals surface area contributed by atoms with Gasteiger partial charge in [0.2, 0.25) is 11.8 Å². The third-order valence-corrected chi connectivity index (χ3v) is 4.78. The summed E-state index contributed by atoms with van der Waals surface area (Å²) in [5.74, 6) is -3.35. The zero-order valence-corrected chi connectivity index (χ0v) is 14.9. The monoisotopic (exact) mass is 364 g/mol. The van der Waals surface area contributed by atoms with E-state index >= 15 is 0 Å². The van der Waals surface area contributed by atoms with Gasteiger partial charge in [0.1, 0.15) is 0 Å². The normalized spacial score (nSPS) is 20.1. The van der Waals surface area contributed by atoms with E-state index in [1.807, 2.05) is 13.8 Å². The first kappa shape index (κ1) is 19.0. The number of amides is 2. The van der Waals surface area contributed by atoms with Crippen LogP contribution in [0.2, 0.25) is 5.02 Å². The summed E-state index contributed by atoms with van der Waals surface area (Å²) in [4.78, 5) is 35.7. The number of benzene rings is 1. The van der Waals surface area contributed by atoms with E-state index < -0.39 is 23.7 Å². The Balaban J connectivity index is 1.93. The quantitative estimate of drug-likeness (QED) is 0.565. The maximum Gasteiger partial charge on any atom is 0.307 e. The highest BCUT2D eigenvalue weighted by Crippen LogP contribution is 2.34. The fourth-order valence-corrected chi connectivity index (χ4v) is 3.01. The van der Waals surface area contributed by atoms with Crippen molar-refractivity contribution < 1.29 is 19.5 Å². The van der Waals surface area contributed by atoms with Crippen LogP contribution in [0.25, 0.3) is 0 Å². The van der Waals surface area contributed by atoms with Gasteiger partial charge in [0.25, 0.3) is 0 Å². The summed E-state index contributed by atoms with van der Waals surface area (Å²) in [5.41, 5.74) is 7.48. The Morgan fingerprint density at radius 1 is 1.04 bits per heavy atom. The van der Waals surface area contributed by atoms with Crippen LogP contribution in [0.5, 0.6) is 0 Å². The highest BCUT2D eigenvalue weighted by molar-refractivity contribution is 6.30. The van der Waals surface area contributed by atoms with Gasteiger partial charge in [-0.3, -0.25) is 25.2 Å². The van der Waals surface area contributed by atoms with Gasteiger partial charge in [-0.25, -0.2) is 0 Å². The van der Waals surface area contributed by atoms with E-state index in [0.29, 0.717) is 17.9 Å². The van der Waals surface area contributed by atoms with E-state index in [4.69, 9.17) is 11.6 Å². The second-order valence-corrected chi connectivity index (χ2v) is 6.80. The lowest BCUT2D eigenvalue weighted by atomic mass is 9.76. The topological polar surface area (TPSA) is 95.5 Å². The van der Waals surface area contributed by atoms with Crippen molar-refractivity contribution in [1.29, 1.82) is 0 Å². The van der Waals surface area contributed by atoms with Gasteiger partial charge in [0.05, 0.1) is 18.3 Å². The molecule has 1 aliphatic rings. The zero-order valence-electron chi connectivity index (χ0n) is 14.1. The summed E-state index contributed by atoms with van der Waals surface area (Å²) in [6.45, 7) is 3.78. The fourth-order valence-electron chi connectivity index (χ4n) is 2.88. The first-order valence-electron chi connectivity index (χ1n) is 7.99. The van der Waals surface area contributed by atoms with Gasteiger partial charge in [-0.05, 0) is 44.4 Å². The first-order chi connectivity index (χ1) is 11.8. The minimum Gasteiger partial charge on any atom is -0.481 e. The number of hydrazine groups is 1. The van der Waals surface area contributed by atoms with Gasteiger partial charge in [-0.15, -0.1) is 0 Å². The average molecular weight is 365 g/mol. The molecule has 0 aromatic heterocycles. The van der Waals surface area contributed by atoms with Crippen molar-refractivity contribution in [3.63, 3.8) is 0 Å². The molecule has 1 aromatic rings. The second kappa shape index (κ2) is 8.16. The van der Waals surface area contributed by atoms with Crippen molar-refractivity contribution in [2.75, 3.05) is 0 Å². The third kappa shape index (κ3) is 5.06. The molecule has 0 heterocycles. The van der Waals surface area contributed by atoms with Gasteiger partial charge in [0, 0.05) is 5.02 Å². The van der Waals surface area contributed by atoms with E-state index in [9.17, 15) is 19.5 Å². The molecular weight excluding hydrogens is 344 g/mol. The van der Waals surface area contributed by atoms with Crippen molar-refractivity contribution in [2.45, 2.75) is 33.1 Å². The SMILES string of the molecule is CC1=C(C)C[C@@H](C(=O)NNC(=O)Cc2ccc(Cl)cc2)[C@@H](C(=O)O)C1. The lowest BCUT2D eigenvalue weighted by Crippen LogP contribution is -2.48. The number of allylic oxidation sites excluding steroid dienone is 2. The number of carbonyl (C=O) groups is 3. The largest absolute Gasteiger partial charge is 0.481 e. The zero-order chi connectivity index (χ0) is 18.6. The van der Waals surface area contributed by atoms with E-state index in [-0.39, 0.29) is 12.3 Å². The molecule has 0 saturated carbocycles. The van der Waals surface area contributed by atoms with Crippen molar-refractivity contribution >= 4 is 29.4 Å². The molecule has 1 aliphatic carbocycles. The number of carboxylic acid groups (broad SMARTS) is 1. The van der Waals surface area contributed by atoms with E-state index in [0.717, 1.165) is 16.7 Å². The molecule has 7 heteroatoms. The van der Waals surface area contributed by atoms with Crippen LogP contribution in [0, 0.1) is 11.8 Å². The van der Waals surface area contributed by atoms with Gasteiger partial charge in [-0.1, -0.05) is 34.9 Å². The Morgan fingerprint density at radius 2 is 1.60 bits per heavy atom. The molecule has 1 aromatic carbocycles. The minimum atomic E-state index is -1.00. The third-order valence-electron chi connectivity index (χ3n) is 4.52. The van der Waals surface area contributed by atoms with Gasteiger partial charge >= 0.3 is 5.97 Å². The van der Waals surface area contributed by atoms with Crippen LogP contribution >= 0.6 is 11.6 Å². The number of halogens is 1. The second-order valence-electron chi connectivity index (χ2n) is 6.36. The summed E-state index contributed by atoms with van der Waals surface area (Å²) >= 11 is 5.79. The average Bonchev–Trinajstić information content (AvgIpc) is 2.56. The number of carboxylic acids is 1. The molecule has 3 N–H and O–H groups in total. The Bertz CT molecular complexity index is 712. The Labute approximate surface area is 151 Å². The van der Waals surface area contributed by atoms with Crippen molar-refractivity contribution in [3.8, 4) is 0 Å². The molecular formula is C18H21ClN2O4. The lowest BCUT2D eigenvalue weighted by Gasteiger charge is -2.29. The number of hydrogen-bond donors (Lipinski definition) is 3. The number of hydrogen-bond acceptors (Lipinski definition) is 3. The van der Waals surface area contributed by atoms with E-state index in [1.54, 1.807) is 24.3 Å². The van der Waals surface area contributed by atoms with Crippen LogP contribution < -0.4 is 10.9 Å². The summed E-state index contributed by atoms with van der Waals surface area (Å²) in [7, 11) is 0. The molecule has 6 nitrogen and oxygen atoms in total. The Kier molecular flexibility index (Phi) is 6.20. The predicted molar refractivity (Wildman–Crippen MR) is 93.7 cm³/mol. The molecule has 0 fully saturated rings. The highest BCUT2D eigenvalue weighted by Gasteiger charge is 2.37. The number of nitrogens with one attached hydrogen (secondary N) is 2. The Hall–Kier alpha value is -2.34. The van der Waals surface area contributed by atoms with E-state index in [2.05, 4.69) is 10.9 Å². The van der Waals surface area contributed by atoms with Crippen LogP contribution in [0.3, 0.4) is 0 Å². The molecule has 134 valence electrons. The van der Waals surface area contributed by atoms with E-state index in [1.165, 1.54) is 0 Å². The van der Waals surface area contributed by atoms with Gasteiger partial charge in [-0.2, -0.15) is 0 Å². The van der Waals surface area contributed by atoms with Crippen molar-refractivity contribution in [1.82, 2.24) is 10.9 Å². The van der Waals surface area contributed by atoms with Crippen LogP contribution in [0.1, 0.15) is 32.3 Å². The summed E-state index contributed by atoms with van der Waals surface area (Å²) in [6.07, 6.45) is 0.808. The van der Waals surface area contributed by atoms with Crippen LogP contribution in [0.15, 0.2) is 35.4 Å². The summed E-state index contributed by atoms with van der Waals surface area (Å²) < 4.78 is 0. The molecule has 2 atom stereocenters. The molecule has 2 amide bonds. The maximum atomic E-state index is 12.3. The summed E-state index contributed by atoms with van der Waals surface area (Å²) in [5, 5.41) is 9.93. The molecule has 0 saturated heterocycles. The number of aliphatic carboxylic acids is 1. The molecule has 0 radical (unpaired) electrons. The highest BCUT2D eigenvalue weighted by atomic mass is 35.5. The standard InChI is InChI=1S/C18H21ClN2O4/c1-10-7-14(15(18(24)25)8-11(10)2)17(23)21-20-16(22)9-12-3-5-13(19)6-4-12/h3-6,14-15H,7-9H2,1-2H3,(H,20,22)(H,21,23)(H,24,25)/t14-,15+/m1/s1. The number of carbonyl (C=O) groups excluding carboxylic acids is 2. The van der Waals surface area contributed by atoms with Crippen molar-refractivity contribution in [3.05, 3.63) is 46.0 Å². The van der Waals surface area contributed by atoms with Gasteiger partial charge in [0.15, 0.2) is 0 Å². The predicted octanol–water partition coefficient (Wildman–Crippen LogP) is 2.48. The lowest BCUT2D eigenvalue weighted by molar-refractivity contribution is -0.148. The molecule has 0 spiro atoms.